The number of nitrogens with one attached hydrogen (secondary N) is 2. The number of nitrogens with zero attached hydrogens (tertiary/aromatic N) is 4. The standard InChI is InChI=1S/C26H26N6O2/c1-31-11-9-20-19(6-10-27-25(20)31)18-3-4-22(24-21(18)15-29-26(24)34)30-23-5-2-16(14-28-23)32-12-7-17(33)8-13-32/h2-6,9-11,14,17,33H,7-8,12-13,15H2,1H3,(H,28,30)(H,29,34). The number of fused-ring (bicyclic) bond motifs is 2. The molecule has 1 saturated heterocycles. The molecule has 8 nitrogen and oxygen atoms in total. The minimum atomic E-state index is -0.202. The minimum absolute atomic E-state index is 0.0822. The van der Waals surface area contributed by atoms with E-state index in [4.69, 9.17) is 0 Å². The van der Waals surface area contributed by atoms with Gasteiger partial charge < -0.3 is 25.2 Å². The Morgan fingerprint density at radius 3 is 2.71 bits per heavy atom. The number of aliphatic hydroxyl groups excluding tert-OH is 1. The van der Waals surface area contributed by atoms with Gasteiger partial charge in [0.05, 0.1) is 29.2 Å². The van der Waals surface area contributed by atoms with Gasteiger partial charge in [0, 0.05) is 44.5 Å². The van der Waals surface area contributed by atoms with Crippen LogP contribution in [0.4, 0.5) is 17.2 Å². The van der Waals surface area contributed by atoms with Gasteiger partial charge in [-0.1, -0.05) is 6.07 Å². The van der Waals surface area contributed by atoms with Crippen LogP contribution in [-0.2, 0) is 13.6 Å². The number of carbonyl (C=O) groups excluding carboxylic acids is 1. The first-order valence-electron chi connectivity index (χ1n) is 11.6. The maximum absolute atomic E-state index is 12.8. The zero-order valence-corrected chi connectivity index (χ0v) is 19.0. The molecular formula is C26H26N6O2. The summed E-state index contributed by atoms with van der Waals surface area (Å²) < 4.78 is 2.00. The first kappa shape index (κ1) is 20.7. The lowest BCUT2D eigenvalue weighted by molar-refractivity contribution is 0.0966. The number of aryl methyl sites for hydroxylation is 1. The van der Waals surface area contributed by atoms with Gasteiger partial charge in [-0.25, -0.2) is 9.97 Å². The number of hydrogen-bond donors (Lipinski definition) is 3. The summed E-state index contributed by atoms with van der Waals surface area (Å²) >= 11 is 0. The number of aliphatic hydroxyl groups is 1. The predicted octanol–water partition coefficient (Wildman–Crippen LogP) is 3.58. The normalized spacial score (nSPS) is 16.1. The van der Waals surface area contributed by atoms with Gasteiger partial charge >= 0.3 is 0 Å². The van der Waals surface area contributed by atoms with E-state index in [1.165, 1.54) is 0 Å². The number of aromatic nitrogens is 3. The van der Waals surface area contributed by atoms with E-state index in [0.717, 1.165) is 65.0 Å². The molecule has 1 amide bonds. The van der Waals surface area contributed by atoms with Crippen molar-refractivity contribution in [2.24, 2.45) is 7.05 Å². The van der Waals surface area contributed by atoms with Crippen LogP contribution in [0.1, 0.15) is 28.8 Å². The first-order valence-corrected chi connectivity index (χ1v) is 11.6. The Labute approximate surface area is 197 Å². The second-order valence-electron chi connectivity index (χ2n) is 8.96. The van der Waals surface area contributed by atoms with Crippen molar-refractivity contribution in [1.29, 1.82) is 0 Å². The molecule has 2 aliphatic rings. The Hall–Kier alpha value is -3.91. The molecular weight excluding hydrogens is 428 g/mol. The van der Waals surface area contributed by atoms with Crippen LogP contribution < -0.4 is 15.5 Å². The van der Waals surface area contributed by atoms with Crippen molar-refractivity contribution in [3.05, 3.63) is 66.1 Å². The van der Waals surface area contributed by atoms with Crippen LogP contribution in [-0.4, -0.2) is 44.7 Å². The molecule has 0 spiro atoms. The second kappa shape index (κ2) is 8.14. The Bertz CT molecular complexity index is 1390. The van der Waals surface area contributed by atoms with Crippen molar-refractivity contribution in [2.75, 3.05) is 23.3 Å². The zero-order chi connectivity index (χ0) is 23.2. The lowest BCUT2D eigenvalue weighted by Gasteiger charge is -2.31. The van der Waals surface area contributed by atoms with Crippen molar-refractivity contribution in [3.8, 4) is 11.1 Å². The Morgan fingerprint density at radius 1 is 1.06 bits per heavy atom. The third kappa shape index (κ3) is 3.47. The van der Waals surface area contributed by atoms with Gasteiger partial charge in [0.25, 0.3) is 5.91 Å². The predicted molar refractivity (Wildman–Crippen MR) is 132 cm³/mol. The van der Waals surface area contributed by atoms with Gasteiger partial charge in [0.2, 0.25) is 0 Å². The van der Waals surface area contributed by atoms with Gasteiger partial charge in [-0.05, 0) is 59.9 Å². The summed E-state index contributed by atoms with van der Waals surface area (Å²) in [6.45, 7) is 2.14. The number of anilines is 3. The molecule has 5 heterocycles. The van der Waals surface area contributed by atoms with Crippen molar-refractivity contribution in [3.63, 3.8) is 0 Å². The van der Waals surface area contributed by atoms with E-state index in [9.17, 15) is 9.90 Å². The number of piperidine rings is 1. The fraction of sp³-hybridized carbons (Fsp3) is 0.269. The van der Waals surface area contributed by atoms with E-state index in [-0.39, 0.29) is 12.0 Å². The molecule has 1 aromatic carbocycles. The number of carbonyl (C=O) groups is 1. The van der Waals surface area contributed by atoms with Crippen LogP contribution >= 0.6 is 0 Å². The van der Waals surface area contributed by atoms with E-state index in [1.54, 1.807) is 0 Å². The third-order valence-corrected chi connectivity index (χ3v) is 6.86. The molecule has 1 fully saturated rings. The monoisotopic (exact) mass is 454 g/mol. The molecule has 2 aliphatic heterocycles. The molecule has 0 unspecified atom stereocenters. The van der Waals surface area contributed by atoms with E-state index in [0.29, 0.717) is 17.9 Å². The lowest BCUT2D eigenvalue weighted by Crippen LogP contribution is -2.35. The topological polar surface area (TPSA) is 95.3 Å². The van der Waals surface area contributed by atoms with Gasteiger partial charge in [-0.3, -0.25) is 4.79 Å². The molecule has 0 atom stereocenters. The highest BCUT2D eigenvalue weighted by atomic mass is 16.3. The molecule has 6 rings (SSSR count). The molecule has 3 aromatic heterocycles. The van der Waals surface area contributed by atoms with Crippen LogP contribution in [0, 0.1) is 0 Å². The van der Waals surface area contributed by atoms with Gasteiger partial charge in [0.15, 0.2) is 0 Å². The Kier molecular flexibility index (Phi) is 4.95. The average Bonchev–Trinajstić information content (AvgIpc) is 3.44. The summed E-state index contributed by atoms with van der Waals surface area (Å²) in [7, 11) is 1.98. The van der Waals surface area contributed by atoms with Gasteiger partial charge in [-0.2, -0.15) is 0 Å². The largest absolute Gasteiger partial charge is 0.393 e. The van der Waals surface area contributed by atoms with Crippen LogP contribution in [0.25, 0.3) is 22.2 Å². The SMILES string of the molecule is Cn1ccc2c(-c3ccc(Nc4ccc(N5CCC(O)CC5)cn4)c4c3CNC4=O)ccnc21. The van der Waals surface area contributed by atoms with Crippen LogP contribution in [0.2, 0.25) is 0 Å². The van der Waals surface area contributed by atoms with Crippen LogP contribution in [0.15, 0.2) is 55.0 Å². The number of pyridine rings is 2. The third-order valence-electron chi connectivity index (χ3n) is 6.86. The summed E-state index contributed by atoms with van der Waals surface area (Å²) in [5, 5.41) is 17.1. The van der Waals surface area contributed by atoms with Crippen LogP contribution in [0.5, 0.6) is 0 Å². The summed E-state index contributed by atoms with van der Waals surface area (Å²) in [4.78, 5) is 24.1. The molecule has 0 aliphatic carbocycles. The van der Waals surface area contributed by atoms with E-state index in [2.05, 4.69) is 37.6 Å². The molecule has 34 heavy (non-hydrogen) atoms. The molecule has 8 heteroatoms. The smallest absolute Gasteiger partial charge is 0.254 e. The zero-order valence-electron chi connectivity index (χ0n) is 19.0. The van der Waals surface area contributed by atoms with Gasteiger partial charge in [-0.15, -0.1) is 0 Å². The quantitative estimate of drug-likeness (QED) is 0.436. The molecule has 0 saturated carbocycles. The highest BCUT2D eigenvalue weighted by Gasteiger charge is 2.27. The molecule has 0 bridgehead atoms. The second-order valence-corrected chi connectivity index (χ2v) is 8.96. The van der Waals surface area contributed by atoms with Crippen molar-refractivity contribution in [2.45, 2.75) is 25.5 Å². The van der Waals surface area contributed by atoms with E-state index < -0.39 is 0 Å². The van der Waals surface area contributed by atoms with Crippen molar-refractivity contribution < 1.29 is 9.90 Å². The minimum Gasteiger partial charge on any atom is -0.393 e. The molecule has 172 valence electrons. The summed E-state index contributed by atoms with van der Waals surface area (Å²) in [5.74, 6) is 0.603. The van der Waals surface area contributed by atoms with Crippen molar-refractivity contribution in [1.82, 2.24) is 19.9 Å². The average molecular weight is 455 g/mol. The highest BCUT2D eigenvalue weighted by molar-refractivity contribution is 6.07. The Morgan fingerprint density at radius 2 is 1.91 bits per heavy atom. The van der Waals surface area contributed by atoms with Crippen LogP contribution in [0.3, 0.4) is 0 Å². The fourth-order valence-corrected chi connectivity index (χ4v) is 5.01. The number of benzene rings is 1. The highest BCUT2D eigenvalue weighted by Crippen LogP contribution is 2.37. The maximum atomic E-state index is 12.8. The summed E-state index contributed by atoms with van der Waals surface area (Å²) in [5.41, 5.74) is 6.45. The van der Waals surface area contributed by atoms with E-state index in [1.807, 2.05) is 54.5 Å². The van der Waals surface area contributed by atoms with Gasteiger partial charge in [0.1, 0.15) is 11.5 Å². The lowest BCUT2D eigenvalue weighted by atomic mass is 9.94. The van der Waals surface area contributed by atoms with Crippen molar-refractivity contribution >= 4 is 34.1 Å². The fourth-order valence-electron chi connectivity index (χ4n) is 5.01. The number of rotatable bonds is 4. The maximum Gasteiger partial charge on any atom is 0.254 e. The Balaban J connectivity index is 1.32. The molecule has 0 radical (unpaired) electrons. The summed E-state index contributed by atoms with van der Waals surface area (Å²) in [6.07, 6.45) is 7.02. The molecule has 3 N–H and O–H groups in total. The van der Waals surface area contributed by atoms with E-state index >= 15 is 0 Å². The molecule has 4 aromatic rings. The first-order chi connectivity index (χ1) is 16.6. The summed E-state index contributed by atoms with van der Waals surface area (Å²) in [6, 6.07) is 12.1. The number of amides is 1. The number of hydrogen-bond acceptors (Lipinski definition) is 6.